The van der Waals surface area contributed by atoms with Crippen LogP contribution in [0.4, 0.5) is 0 Å². The number of nitrogens with zero attached hydrogens (tertiary/aromatic N) is 1. The van der Waals surface area contributed by atoms with Gasteiger partial charge in [-0.2, -0.15) is 4.31 Å². The number of benzene rings is 1. The highest BCUT2D eigenvalue weighted by molar-refractivity contribution is 9.10. The van der Waals surface area contributed by atoms with Crippen molar-refractivity contribution in [3.63, 3.8) is 0 Å². The maximum Gasteiger partial charge on any atom is 0.243 e. The fourth-order valence-electron chi connectivity index (χ4n) is 2.57. The van der Waals surface area contributed by atoms with Gasteiger partial charge in [-0.1, -0.05) is 29.3 Å². The van der Waals surface area contributed by atoms with Crippen molar-refractivity contribution in [1.29, 1.82) is 0 Å². The third-order valence-electron chi connectivity index (χ3n) is 4.20. The monoisotopic (exact) mass is 375 g/mol. The number of rotatable bonds is 6. The first kappa shape index (κ1) is 16.9. The van der Waals surface area contributed by atoms with Gasteiger partial charge in [-0.3, -0.25) is 0 Å². The van der Waals surface area contributed by atoms with E-state index in [4.69, 9.17) is 0 Å². The van der Waals surface area contributed by atoms with Gasteiger partial charge < -0.3 is 5.11 Å². The summed E-state index contributed by atoms with van der Waals surface area (Å²) in [6, 6.07) is 3.34. The van der Waals surface area contributed by atoms with Crippen LogP contribution in [0.3, 0.4) is 0 Å². The zero-order valence-corrected chi connectivity index (χ0v) is 14.9. The van der Waals surface area contributed by atoms with Gasteiger partial charge in [0.05, 0.1) is 11.5 Å². The molecule has 1 N–H and O–H groups in total. The van der Waals surface area contributed by atoms with Gasteiger partial charge in [0.15, 0.2) is 0 Å². The van der Waals surface area contributed by atoms with Gasteiger partial charge in [-0.15, -0.1) is 0 Å². The van der Waals surface area contributed by atoms with Crippen molar-refractivity contribution >= 4 is 26.0 Å². The lowest BCUT2D eigenvalue weighted by Gasteiger charge is -2.31. The molecular formula is C15H22BrNO3S. The van der Waals surface area contributed by atoms with E-state index in [0.717, 1.165) is 12.8 Å². The molecule has 1 aromatic rings. The number of sulfonamides is 1. The van der Waals surface area contributed by atoms with Gasteiger partial charge in [-0.05, 0) is 48.9 Å². The molecule has 0 amide bonds. The van der Waals surface area contributed by atoms with Crippen LogP contribution in [-0.2, 0) is 16.6 Å². The molecule has 1 aliphatic carbocycles. The second-order valence-electron chi connectivity index (χ2n) is 5.61. The molecule has 0 unspecified atom stereocenters. The minimum Gasteiger partial charge on any atom is -0.392 e. The van der Waals surface area contributed by atoms with Crippen molar-refractivity contribution < 1.29 is 13.5 Å². The molecule has 21 heavy (non-hydrogen) atoms. The summed E-state index contributed by atoms with van der Waals surface area (Å²) in [4.78, 5) is 0.294. The average Bonchev–Trinajstić information content (AvgIpc) is 2.40. The number of hydrogen-bond acceptors (Lipinski definition) is 3. The lowest BCUT2D eigenvalue weighted by molar-refractivity contribution is 0.250. The van der Waals surface area contributed by atoms with Crippen LogP contribution in [0.2, 0.25) is 0 Å². The molecule has 0 atom stereocenters. The smallest absolute Gasteiger partial charge is 0.243 e. The van der Waals surface area contributed by atoms with Crippen molar-refractivity contribution in [2.75, 3.05) is 13.1 Å². The number of aliphatic hydroxyl groups is 1. The summed E-state index contributed by atoms with van der Waals surface area (Å²) in [5.74, 6) is 0.490. The summed E-state index contributed by atoms with van der Waals surface area (Å²) < 4.78 is 28.1. The normalized spacial score (nSPS) is 16.2. The van der Waals surface area contributed by atoms with Crippen LogP contribution >= 0.6 is 15.9 Å². The average molecular weight is 376 g/mol. The highest BCUT2D eigenvalue weighted by Gasteiger charge is 2.30. The molecular weight excluding hydrogens is 354 g/mol. The van der Waals surface area contributed by atoms with Crippen LogP contribution in [0, 0.1) is 12.8 Å². The Hall–Kier alpha value is -0.430. The van der Waals surface area contributed by atoms with Crippen LogP contribution in [0.1, 0.15) is 37.3 Å². The van der Waals surface area contributed by atoms with E-state index in [1.165, 1.54) is 6.42 Å². The Balaban J connectivity index is 2.39. The van der Waals surface area contributed by atoms with E-state index < -0.39 is 10.0 Å². The molecule has 6 heteroatoms. The second kappa shape index (κ2) is 6.77. The maximum atomic E-state index is 12.9. The topological polar surface area (TPSA) is 57.6 Å². The molecule has 0 saturated heterocycles. The Morgan fingerprint density at radius 2 is 2.05 bits per heavy atom. The Labute approximate surface area is 135 Å². The molecule has 1 aromatic carbocycles. The molecule has 1 fully saturated rings. The van der Waals surface area contributed by atoms with Gasteiger partial charge in [0.25, 0.3) is 0 Å². The van der Waals surface area contributed by atoms with Crippen molar-refractivity contribution in [2.24, 2.45) is 5.92 Å². The van der Waals surface area contributed by atoms with Crippen molar-refractivity contribution in [2.45, 2.75) is 44.6 Å². The lowest BCUT2D eigenvalue weighted by Crippen LogP contribution is -2.37. The van der Waals surface area contributed by atoms with Crippen molar-refractivity contribution in [3.8, 4) is 0 Å². The third kappa shape index (κ3) is 3.50. The third-order valence-corrected chi connectivity index (χ3v) is 7.09. The van der Waals surface area contributed by atoms with E-state index in [0.29, 0.717) is 39.5 Å². The predicted octanol–water partition coefficient (Wildman–Crippen LogP) is 3.06. The molecule has 0 aliphatic heterocycles. The first-order valence-electron chi connectivity index (χ1n) is 7.30. The first-order valence-corrected chi connectivity index (χ1v) is 9.53. The van der Waals surface area contributed by atoms with Crippen LogP contribution < -0.4 is 0 Å². The maximum absolute atomic E-state index is 12.9. The zero-order chi connectivity index (χ0) is 15.6. The Morgan fingerprint density at radius 3 is 2.52 bits per heavy atom. The Bertz CT molecular complexity index is 612. The summed E-state index contributed by atoms with van der Waals surface area (Å²) in [6.07, 6.45) is 3.43. The molecule has 118 valence electrons. The van der Waals surface area contributed by atoms with Crippen LogP contribution in [0.5, 0.6) is 0 Å². The van der Waals surface area contributed by atoms with Gasteiger partial charge in [0.1, 0.15) is 0 Å². The van der Waals surface area contributed by atoms with Gasteiger partial charge >= 0.3 is 0 Å². The molecule has 0 aromatic heterocycles. The molecule has 1 aliphatic rings. The SMILES string of the molecule is CCN(CC1CCC1)S(=O)(=O)c1cc(CO)cc(Br)c1C. The van der Waals surface area contributed by atoms with E-state index in [9.17, 15) is 13.5 Å². The molecule has 4 nitrogen and oxygen atoms in total. The molecule has 0 bridgehead atoms. The van der Waals surface area contributed by atoms with E-state index >= 15 is 0 Å². The van der Waals surface area contributed by atoms with Crippen molar-refractivity contribution in [3.05, 3.63) is 27.7 Å². The largest absolute Gasteiger partial charge is 0.392 e. The molecule has 1 saturated carbocycles. The summed E-state index contributed by atoms with van der Waals surface area (Å²) in [5.41, 5.74) is 1.30. The van der Waals surface area contributed by atoms with Gasteiger partial charge in [0.2, 0.25) is 10.0 Å². The van der Waals surface area contributed by atoms with Crippen LogP contribution in [0.15, 0.2) is 21.5 Å². The minimum absolute atomic E-state index is 0.170. The van der Waals surface area contributed by atoms with E-state index in [1.807, 2.05) is 6.92 Å². The summed E-state index contributed by atoms with van der Waals surface area (Å²) in [6.45, 7) is 4.56. The molecule has 0 radical (unpaired) electrons. The Morgan fingerprint density at radius 1 is 1.38 bits per heavy atom. The summed E-state index contributed by atoms with van der Waals surface area (Å²) in [5, 5.41) is 9.30. The summed E-state index contributed by atoms with van der Waals surface area (Å²) in [7, 11) is -3.52. The van der Waals surface area contributed by atoms with Crippen molar-refractivity contribution in [1.82, 2.24) is 4.31 Å². The molecule has 0 heterocycles. The second-order valence-corrected chi connectivity index (χ2v) is 8.37. The molecule has 2 rings (SSSR count). The van der Waals surface area contributed by atoms with Crippen LogP contribution in [0.25, 0.3) is 0 Å². The standard InChI is InChI=1S/C15H22BrNO3S/c1-3-17(9-12-5-4-6-12)21(19,20)15-8-13(10-18)7-14(16)11(15)2/h7-8,12,18H,3-6,9-10H2,1-2H3. The number of aliphatic hydroxyl groups excluding tert-OH is 1. The number of halogens is 1. The van der Waals surface area contributed by atoms with Gasteiger partial charge in [-0.25, -0.2) is 8.42 Å². The fourth-order valence-corrected chi connectivity index (χ4v) is 5.03. The van der Waals surface area contributed by atoms with E-state index in [1.54, 1.807) is 23.4 Å². The van der Waals surface area contributed by atoms with Crippen LogP contribution in [-0.4, -0.2) is 30.9 Å². The zero-order valence-electron chi connectivity index (χ0n) is 12.5. The first-order chi connectivity index (χ1) is 9.90. The minimum atomic E-state index is -3.52. The molecule has 0 spiro atoms. The Kier molecular flexibility index (Phi) is 5.46. The highest BCUT2D eigenvalue weighted by Crippen LogP contribution is 2.32. The number of hydrogen-bond donors (Lipinski definition) is 1. The van der Waals surface area contributed by atoms with Gasteiger partial charge in [0, 0.05) is 17.6 Å². The summed E-state index contributed by atoms with van der Waals surface area (Å²) >= 11 is 3.38. The van der Waals surface area contributed by atoms with E-state index in [2.05, 4.69) is 15.9 Å². The quantitative estimate of drug-likeness (QED) is 0.830. The predicted molar refractivity (Wildman–Crippen MR) is 86.6 cm³/mol. The highest BCUT2D eigenvalue weighted by atomic mass is 79.9. The fraction of sp³-hybridized carbons (Fsp3) is 0.600. The van der Waals surface area contributed by atoms with E-state index in [-0.39, 0.29) is 6.61 Å². The lowest BCUT2D eigenvalue weighted by atomic mass is 9.85.